The highest BCUT2D eigenvalue weighted by Gasteiger charge is 2.20. The van der Waals surface area contributed by atoms with E-state index in [-0.39, 0.29) is 22.1 Å². The van der Waals surface area contributed by atoms with Gasteiger partial charge in [0.2, 0.25) is 0 Å². The van der Waals surface area contributed by atoms with E-state index in [0.717, 1.165) is 0 Å². The Hall–Kier alpha value is -0.740. The number of rotatable bonds is 4. The molecule has 0 fully saturated rings. The quantitative estimate of drug-likeness (QED) is 0.209. The molecule has 0 bridgehead atoms. The summed E-state index contributed by atoms with van der Waals surface area (Å²) in [6, 6.07) is 6.05. The maximum atomic E-state index is 12.6. The smallest absolute Gasteiger partial charge is 0.344 e. The van der Waals surface area contributed by atoms with Crippen molar-refractivity contribution in [2.75, 3.05) is 0 Å². The highest BCUT2D eigenvalue weighted by molar-refractivity contribution is 9.13. The van der Waals surface area contributed by atoms with Crippen LogP contribution >= 0.6 is 47.8 Å². The van der Waals surface area contributed by atoms with E-state index in [2.05, 4.69) is 47.8 Å². The highest BCUT2D eigenvalue weighted by atomic mass is 79.9. The average molecular weight is 570 g/mol. The van der Waals surface area contributed by atoms with Crippen molar-refractivity contribution in [3.05, 3.63) is 54.4 Å². The Morgan fingerprint density at radius 3 is 2.27 bits per heavy atom. The van der Waals surface area contributed by atoms with Gasteiger partial charge in [-0.05, 0) is 80.1 Å². The van der Waals surface area contributed by atoms with E-state index in [9.17, 15) is 17.8 Å². The van der Waals surface area contributed by atoms with Crippen molar-refractivity contribution in [2.24, 2.45) is 0 Å². The number of halogens is 3. The third-order valence-electron chi connectivity index (χ3n) is 3.61. The van der Waals surface area contributed by atoms with Crippen LogP contribution in [-0.4, -0.2) is 18.9 Å². The van der Waals surface area contributed by atoms with Crippen LogP contribution in [0.15, 0.2) is 42.6 Å². The van der Waals surface area contributed by atoms with E-state index in [1.807, 2.05) is 0 Å². The number of benzene rings is 2. The molecule has 5 nitrogen and oxygen atoms in total. The van der Waals surface area contributed by atoms with Gasteiger partial charge in [-0.2, -0.15) is 0 Å². The number of esters is 1. The second kappa shape index (κ2) is 8.10. The summed E-state index contributed by atoms with van der Waals surface area (Å²) in [4.78, 5) is 12.3. The maximum absolute atomic E-state index is 12.6. The predicted molar refractivity (Wildman–Crippen MR) is 108 cm³/mol. The SMILES string of the molecule is Cc1cc(S(=O)(=O)[O-])c(C(C)C)cc1OC(=O)c1cc(Br)cc(Br)c1Br. The normalized spacial score (nSPS) is 11.7. The number of carbonyl (C=O) groups excluding carboxylic acids is 1. The second-order valence-corrected chi connectivity index (χ2v) is 9.81. The maximum Gasteiger partial charge on any atom is 0.344 e. The lowest BCUT2D eigenvalue weighted by atomic mass is 10.0. The molecule has 0 radical (unpaired) electrons. The molecule has 0 atom stereocenters. The minimum atomic E-state index is -4.63. The summed E-state index contributed by atoms with van der Waals surface area (Å²) in [5.74, 6) is -0.651. The monoisotopic (exact) mass is 567 g/mol. The Bertz CT molecular complexity index is 984. The van der Waals surface area contributed by atoms with Gasteiger partial charge in [0.25, 0.3) is 0 Å². The summed E-state index contributed by atoms with van der Waals surface area (Å²) in [6.07, 6.45) is 0. The van der Waals surface area contributed by atoms with Crippen LogP contribution in [0, 0.1) is 6.92 Å². The predicted octanol–water partition coefficient (Wildman–Crippen LogP) is 5.53. The van der Waals surface area contributed by atoms with Gasteiger partial charge in [-0.3, -0.25) is 0 Å². The molecule has 2 aromatic rings. The van der Waals surface area contributed by atoms with E-state index in [1.165, 1.54) is 12.1 Å². The summed E-state index contributed by atoms with van der Waals surface area (Å²) in [5.41, 5.74) is 0.975. The molecule has 140 valence electrons. The number of hydrogen-bond donors (Lipinski definition) is 0. The molecule has 2 aromatic carbocycles. The molecule has 0 saturated heterocycles. The summed E-state index contributed by atoms with van der Waals surface area (Å²) >= 11 is 9.99. The zero-order valence-electron chi connectivity index (χ0n) is 14.0. The molecular weight excluding hydrogens is 556 g/mol. The van der Waals surface area contributed by atoms with Crippen LogP contribution in [-0.2, 0) is 10.1 Å². The molecule has 0 saturated carbocycles. The summed E-state index contributed by atoms with van der Waals surface area (Å²) in [6.45, 7) is 5.09. The van der Waals surface area contributed by atoms with Crippen molar-refractivity contribution >= 4 is 63.9 Å². The average Bonchev–Trinajstić information content (AvgIpc) is 2.51. The van der Waals surface area contributed by atoms with Gasteiger partial charge in [-0.25, -0.2) is 13.2 Å². The molecule has 0 aromatic heterocycles. The van der Waals surface area contributed by atoms with Gasteiger partial charge in [-0.1, -0.05) is 29.8 Å². The van der Waals surface area contributed by atoms with Crippen LogP contribution in [0.2, 0.25) is 0 Å². The molecule has 26 heavy (non-hydrogen) atoms. The Morgan fingerprint density at radius 1 is 1.12 bits per heavy atom. The van der Waals surface area contributed by atoms with Crippen LogP contribution in [0.1, 0.15) is 41.3 Å². The number of carbonyl (C=O) groups is 1. The molecule has 0 aliphatic rings. The standard InChI is InChI=1S/C17H15Br3O5S/c1-8(2)11-7-14(9(3)4-15(11)26(22,23)24)25-17(21)12-5-10(18)6-13(19)16(12)20/h4-8H,1-3H3,(H,22,23,24)/p-1. The van der Waals surface area contributed by atoms with Crippen LogP contribution in [0.5, 0.6) is 5.75 Å². The Balaban J connectivity index is 2.51. The van der Waals surface area contributed by atoms with Crippen molar-refractivity contribution in [3.8, 4) is 5.75 Å². The fourth-order valence-corrected chi connectivity index (χ4v) is 4.83. The topological polar surface area (TPSA) is 83.5 Å². The van der Waals surface area contributed by atoms with Gasteiger partial charge in [-0.15, -0.1) is 0 Å². The zero-order chi connectivity index (χ0) is 19.8. The van der Waals surface area contributed by atoms with Gasteiger partial charge in [0.15, 0.2) is 0 Å². The van der Waals surface area contributed by atoms with Crippen molar-refractivity contribution < 1.29 is 22.5 Å². The first-order valence-corrected chi connectivity index (χ1v) is 11.2. The fraction of sp³-hybridized carbons (Fsp3) is 0.235. The van der Waals surface area contributed by atoms with Gasteiger partial charge in [0.1, 0.15) is 15.9 Å². The Morgan fingerprint density at radius 2 is 1.73 bits per heavy atom. The van der Waals surface area contributed by atoms with E-state index >= 15 is 0 Å². The van der Waals surface area contributed by atoms with Crippen molar-refractivity contribution in [3.63, 3.8) is 0 Å². The van der Waals surface area contributed by atoms with Gasteiger partial charge in [0, 0.05) is 13.4 Å². The van der Waals surface area contributed by atoms with Crippen LogP contribution in [0.25, 0.3) is 0 Å². The van der Waals surface area contributed by atoms with Crippen molar-refractivity contribution in [1.82, 2.24) is 0 Å². The molecule has 9 heteroatoms. The lowest BCUT2D eigenvalue weighted by Gasteiger charge is -2.19. The minimum Gasteiger partial charge on any atom is -0.744 e. The molecule has 0 spiro atoms. The third-order valence-corrected chi connectivity index (χ3v) is 6.98. The molecule has 2 rings (SSSR count). The number of ether oxygens (including phenoxy) is 1. The summed E-state index contributed by atoms with van der Waals surface area (Å²) in [5, 5.41) is 0. The Kier molecular flexibility index (Phi) is 6.71. The fourth-order valence-electron chi connectivity index (χ4n) is 2.31. The number of hydrogen-bond acceptors (Lipinski definition) is 5. The van der Waals surface area contributed by atoms with E-state index < -0.39 is 16.1 Å². The third kappa shape index (κ3) is 4.75. The summed E-state index contributed by atoms with van der Waals surface area (Å²) < 4.78 is 41.9. The van der Waals surface area contributed by atoms with Gasteiger partial charge >= 0.3 is 5.97 Å². The van der Waals surface area contributed by atoms with E-state index in [0.29, 0.717) is 24.5 Å². The van der Waals surface area contributed by atoms with E-state index in [1.54, 1.807) is 32.9 Å². The van der Waals surface area contributed by atoms with Crippen molar-refractivity contribution in [2.45, 2.75) is 31.6 Å². The molecule has 0 aliphatic heterocycles. The number of aryl methyl sites for hydroxylation is 1. The molecule has 0 amide bonds. The van der Waals surface area contributed by atoms with Gasteiger partial charge in [0.05, 0.1) is 10.5 Å². The zero-order valence-corrected chi connectivity index (χ0v) is 19.5. The molecule has 0 unspecified atom stereocenters. The first-order valence-electron chi connectivity index (χ1n) is 7.39. The van der Waals surface area contributed by atoms with E-state index in [4.69, 9.17) is 4.74 Å². The lowest BCUT2D eigenvalue weighted by molar-refractivity contribution is 0.0732. The molecule has 0 heterocycles. The minimum absolute atomic E-state index is 0.203. The van der Waals surface area contributed by atoms with Crippen LogP contribution in [0.3, 0.4) is 0 Å². The largest absolute Gasteiger partial charge is 0.744 e. The van der Waals surface area contributed by atoms with Crippen LogP contribution < -0.4 is 4.74 Å². The molecule has 0 N–H and O–H groups in total. The van der Waals surface area contributed by atoms with Crippen LogP contribution in [0.4, 0.5) is 0 Å². The Labute approximate surface area is 177 Å². The van der Waals surface area contributed by atoms with Crippen molar-refractivity contribution in [1.29, 1.82) is 0 Å². The highest BCUT2D eigenvalue weighted by Crippen LogP contribution is 2.34. The first-order chi connectivity index (χ1) is 11.9. The van der Waals surface area contributed by atoms with Gasteiger partial charge < -0.3 is 9.29 Å². The lowest BCUT2D eigenvalue weighted by Crippen LogP contribution is -2.12. The molecule has 0 aliphatic carbocycles. The summed E-state index contributed by atoms with van der Waals surface area (Å²) in [7, 11) is -4.63. The second-order valence-electron chi connectivity index (χ2n) is 5.90. The first kappa shape index (κ1) is 21.6. The molecular formula is C17H14Br3O5S-.